The number of thiophene rings is 1. The molecule has 1 aromatic carbocycles. The van der Waals surface area contributed by atoms with Crippen LogP contribution < -0.4 is 10.2 Å². The molecule has 0 atom stereocenters. The van der Waals surface area contributed by atoms with Gasteiger partial charge in [-0.05, 0) is 57.0 Å². The summed E-state index contributed by atoms with van der Waals surface area (Å²) < 4.78 is 5.29. The third-order valence-electron chi connectivity index (χ3n) is 5.17. The Morgan fingerprint density at radius 2 is 1.93 bits per heavy atom. The van der Waals surface area contributed by atoms with Gasteiger partial charge < -0.3 is 15.0 Å². The minimum Gasteiger partial charge on any atom is -0.462 e. The van der Waals surface area contributed by atoms with Crippen LogP contribution in [-0.2, 0) is 17.7 Å². The maximum atomic E-state index is 12.8. The number of carbonyl (C=O) groups excluding carboxylic acids is 2. The van der Waals surface area contributed by atoms with Crippen molar-refractivity contribution in [2.45, 2.75) is 39.8 Å². The lowest BCUT2D eigenvalue weighted by molar-refractivity contribution is 0.0526. The number of rotatable bonds is 6. The number of benzene rings is 1. The van der Waals surface area contributed by atoms with Crippen molar-refractivity contribution < 1.29 is 14.3 Å². The lowest BCUT2D eigenvalue weighted by atomic mass is 10.0. The summed E-state index contributed by atoms with van der Waals surface area (Å²) >= 11 is 1.49. The zero-order chi connectivity index (χ0) is 21.1. The number of nitrogens with zero attached hydrogens (tertiary/aromatic N) is 2. The molecule has 2 heterocycles. The predicted molar refractivity (Wildman–Crippen MR) is 118 cm³/mol. The highest BCUT2D eigenvalue weighted by Crippen LogP contribution is 2.38. The van der Waals surface area contributed by atoms with Crippen molar-refractivity contribution >= 4 is 33.9 Å². The average Bonchev–Trinajstić information content (AvgIpc) is 3.05. The highest BCUT2D eigenvalue weighted by molar-refractivity contribution is 7.17. The highest BCUT2D eigenvalue weighted by atomic mass is 32.1. The van der Waals surface area contributed by atoms with Crippen LogP contribution in [0.15, 0.2) is 24.3 Å². The monoisotopic (exact) mass is 415 g/mol. The summed E-state index contributed by atoms with van der Waals surface area (Å²) in [5.41, 5.74) is 3.12. The normalized spacial score (nSPS) is 13.9. The van der Waals surface area contributed by atoms with Crippen LogP contribution in [0.5, 0.6) is 0 Å². The summed E-state index contributed by atoms with van der Waals surface area (Å²) in [6.07, 6.45) is 0.783. The molecule has 7 heteroatoms. The Kier molecular flexibility index (Phi) is 6.59. The number of fused-ring (bicyclic) bond motifs is 1. The van der Waals surface area contributed by atoms with Gasteiger partial charge in [-0.15, -0.1) is 11.3 Å². The number of carbonyl (C=O) groups is 2. The number of esters is 1. The molecule has 29 heavy (non-hydrogen) atoms. The topological polar surface area (TPSA) is 61.9 Å². The van der Waals surface area contributed by atoms with Crippen molar-refractivity contribution in [1.29, 1.82) is 0 Å². The molecule has 3 rings (SSSR count). The summed E-state index contributed by atoms with van der Waals surface area (Å²) in [5, 5.41) is 3.55. The largest absolute Gasteiger partial charge is 0.462 e. The Morgan fingerprint density at radius 3 is 2.52 bits per heavy atom. The van der Waals surface area contributed by atoms with E-state index in [4.69, 9.17) is 4.74 Å². The first-order valence-corrected chi connectivity index (χ1v) is 10.8. The fraction of sp³-hybridized carbons (Fsp3) is 0.455. The van der Waals surface area contributed by atoms with Crippen LogP contribution in [0.2, 0.25) is 0 Å². The van der Waals surface area contributed by atoms with Crippen LogP contribution in [0.1, 0.15) is 51.9 Å². The summed E-state index contributed by atoms with van der Waals surface area (Å²) in [7, 11) is 3.91. The third-order valence-corrected chi connectivity index (χ3v) is 6.30. The van der Waals surface area contributed by atoms with E-state index in [0.717, 1.165) is 35.6 Å². The second-order valence-corrected chi connectivity index (χ2v) is 8.74. The standard InChI is InChI=1S/C22H29N3O3S/c1-6-28-22(27)19-17-11-12-25(14(2)3)13-18(17)29-21(19)23-20(26)15-7-9-16(10-8-15)24(4)5/h7-10,14H,6,11-13H2,1-5H3,(H,23,26). The van der Waals surface area contributed by atoms with Gasteiger partial charge in [0.25, 0.3) is 5.91 Å². The van der Waals surface area contributed by atoms with E-state index >= 15 is 0 Å². The third kappa shape index (κ3) is 4.62. The second kappa shape index (κ2) is 8.97. The minimum absolute atomic E-state index is 0.222. The van der Waals surface area contributed by atoms with E-state index in [1.807, 2.05) is 31.1 Å². The minimum atomic E-state index is -0.360. The molecule has 1 aliphatic rings. The van der Waals surface area contributed by atoms with Gasteiger partial charge in [0.05, 0.1) is 12.2 Å². The van der Waals surface area contributed by atoms with Crippen molar-refractivity contribution in [3.63, 3.8) is 0 Å². The van der Waals surface area contributed by atoms with Crippen LogP contribution >= 0.6 is 11.3 Å². The Labute approximate surface area is 176 Å². The molecule has 0 fully saturated rings. The maximum absolute atomic E-state index is 12.8. The fourth-order valence-electron chi connectivity index (χ4n) is 3.46. The number of ether oxygens (including phenoxy) is 1. The van der Waals surface area contributed by atoms with Crippen molar-refractivity contribution in [2.24, 2.45) is 0 Å². The molecule has 6 nitrogen and oxygen atoms in total. The molecular formula is C22H29N3O3S. The molecule has 2 aromatic rings. The van der Waals surface area contributed by atoms with Crippen LogP contribution in [0.4, 0.5) is 10.7 Å². The SMILES string of the molecule is CCOC(=O)c1c(NC(=O)c2ccc(N(C)C)cc2)sc2c1CCN(C(C)C)C2. The van der Waals surface area contributed by atoms with Gasteiger partial charge in [0, 0.05) is 49.4 Å². The van der Waals surface area contributed by atoms with E-state index < -0.39 is 0 Å². The average molecular weight is 416 g/mol. The molecule has 0 bridgehead atoms. The summed E-state index contributed by atoms with van der Waals surface area (Å²) in [5.74, 6) is -0.582. The first-order valence-electron chi connectivity index (χ1n) is 9.96. The molecular weight excluding hydrogens is 386 g/mol. The van der Waals surface area contributed by atoms with Gasteiger partial charge in [-0.1, -0.05) is 0 Å². The van der Waals surface area contributed by atoms with E-state index in [-0.39, 0.29) is 11.9 Å². The smallest absolute Gasteiger partial charge is 0.341 e. The van der Waals surface area contributed by atoms with Crippen LogP contribution in [0, 0.1) is 0 Å². The van der Waals surface area contributed by atoms with Crippen molar-refractivity contribution in [1.82, 2.24) is 4.90 Å². The van der Waals surface area contributed by atoms with E-state index in [2.05, 4.69) is 24.1 Å². The van der Waals surface area contributed by atoms with E-state index in [1.54, 1.807) is 19.1 Å². The van der Waals surface area contributed by atoms with Gasteiger partial charge in [-0.2, -0.15) is 0 Å². The Hall–Kier alpha value is -2.38. The van der Waals surface area contributed by atoms with E-state index in [0.29, 0.717) is 28.8 Å². The van der Waals surface area contributed by atoms with Crippen LogP contribution in [0.3, 0.4) is 0 Å². The van der Waals surface area contributed by atoms with Gasteiger partial charge in [0.2, 0.25) is 0 Å². The highest BCUT2D eigenvalue weighted by Gasteiger charge is 2.30. The molecule has 1 aromatic heterocycles. The fourth-order valence-corrected chi connectivity index (χ4v) is 4.71. The zero-order valence-electron chi connectivity index (χ0n) is 17.7. The number of anilines is 2. The van der Waals surface area contributed by atoms with Crippen molar-refractivity contribution in [3.05, 3.63) is 45.8 Å². The molecule has 0 spiro atoms. The van der Waals surface area contributed by atoms with Gasteiger partial charge in [-0.25, -0.2) is 4.79 Å². The van der Waals surface area contributed by atoms with Gasteiger partial charge in [-0.3, -0.25) is 9.69 Å². The first kappa shape index (κ1) is 21.3. The lowest BCUT2D eigenvalue weighted by Gasteiger charge is -2.30. The molecule has 0 aliphatic carbocycles. The summed E-state index contributed by atoms with van der Waals surface area (Å²) in [6.45, 7) is 8.13. The number of hydrogen-bond acceptors (Lipinski definition) is 6. The molecule has 156 valence electrons. The molecule has 0 radical (unpaired) electrons. The quantitative estimate of drug-likeness (QED) is 0.723. The van der Waals surface area contributed by atoms with Crippen LogP contribution in [0.25, 0.3) is 0 Å². The number of amides is 1. The second-order valence-electron chi connectivity index (χ2n) is 7.64. The first-order chi connectivity index (χ1) is 13.8. The van der Waals surface area contributed by atoms with Gasteiger partial charge >= 0.3 is 5.97 Å². The Morgan fingerprint density at radius 1 is 1.24 bits per heavy atom. The number of hydrogen-bond donors (Lipinski definition) is 1. The predicted octanol–water partition coefficient (Wildman–Crippen LogP) is 4.01. The molecule has 1 N–H and O–H groups in total. The van der Waals surface area contributed by atoms with Crippen molar-refractivity contribution in [3.8, 4) is 0 Å². The molecule has 0 saturated carbocycles. The van der Waals surface area contributed by atoms with Crippen LogP contribution in [-0.4, -0.2) is 50.1 Å². The molecule has 0 saturated heterocycles. The van der Waals surface area contributed by atoms with Gasteiger partial charge in [0.1, 0.15) is 5.00 Å². The zero-order valence-corrected chi connectivity index (χ0v) is 18.6. The van der Waals surface area contributed by atoms with E-state index in [1.165, 1.54) is 11.3 Å². The maximum Gasteiger partial charge on any atom is 0.341 e. The summed E-state index contributed by atoms with van der Waals surface area (Å²) in [4.78, 5) is 31.0. The molecule has 1 amide bonds. The summed E-state index contributed by atoms with van der Waals surface area (Å²) in [6, 6.07) is 7.83. The van der Waals surface area contributed by atoms with Crippen molar-refractivity contribution in [2.75, 3.05) is 37.5 Å². The Bertz CT molecular complexity index is 887. The Balaban J connectivity index is 1.89. The number of nitrogens with one attached hydrogen (secondary N) is 1. The molecule has 1 aliphatic heterocycles. The van der Waals surface area contributed by atoms with Gasteiger partial charge in [0.15, 0.2) is 0 Å². The lowest BCUT2D eigenvalue weighted by Crippen LogP contribution is -2.35. The molecule has 0 unspecified atom stereocenters. The van der Waals surface area contributed by atoms with E-state index in [9.17, 15) is 9.59 Å².